The van der Waals surface area contributed by atoms with Gasteiger partial charge in [-0.1, -0.05) is 0 Å². The second kappa shape index (κ2) is 4.32. The van der Waals surface area contributed by atoms with Crippen molar-refractivity contribution >= 4 is 12.4 Å². The number of phenols is 2. The van der Waals surface area contributed by atoms with E-state index in [1.807, 2.05) is 0 Å². The van der Waals surface area contributed by atoms with E-state index in [9.17, 15) is 15.0 Å². The van der Waals surface area contributed by atoms with Crippen LogP contribution in [0.15, 0.2) is 18.2 Å². The first-order valence-electron chi connectivity index (χ1n) is 3.91. The fourth-order valence-corrected chi connectivity index (χ4v) is 1.00. The maximum atomic E-state index is 10.1. The standard InChI is InChI=1S/C10H10O4/c1-14-8-5-7(3-2-4-11)10(13)9(12)6-8/h2-6,12-13H,1H3/b3-2+. The molecule has 4 nitrogen and oxygen atoms in total. The maximum absolute atomic E-state index is 10.1. The molecule has 4 heteroatoms. The Hall–Kier alpha value is -1.97. The number of allylic oxidation sites excluding steroid dienone is 1. The van der Waals surface area contributed by atoms with Gasteiger partial charge < -0.3 is 14.9 Å². The molecule has 0 saturated heterocycles. The Bertz CT molecular complexity index is 369. The molecule has 0 spiro atoms. The normalized spacial score (nSPS) is 10.4. The predicted molar refractivity (Wildman–Crippen MR) is 51.4 cm³/mol. The van der Waals surface area contributed by atoms with Crippen LogP contribution in [-0.4, -0.2) is 23.6 Å². The predicted octanol–water partition coefficient (Wildman–Crippen LogP) is 1.32. The minimum Gasteiger partial charge on any atom is -0.504 e. The van der Waals surface area contributed by atoms with E-state index in [0.717, 1.165) is 0 Å². The highest BCUT2D eigenvalue weighted by molar-refractivity contribution is 5.76. The van der Waals surface area contributed by atoms with Crippen LogP contribution in [0, 0.1) is 0 Å². The molecule has 0 aliphatic carbocycles. The van der Waals surface area contributed by atoms with E-state index < -0.39 is 0 Å². The van der Waals surface area contributed by atoms with Gasteiger partial charge in [0.15, 0.2) is 11.5 Å². The topological polar surface area (TPSA) is 66.8 Å². The van der Waals surface area contributed by atoms with Gasteiger partial charge in [0.25, 0.3) is 0 Å². The number of hydrogen-bond donors (Lipinski definition) is 2. The van der Waals surface area contributed by atoms with Crippen molar-refractivity contribution in [3.05, 3.63) is 23.8 Å². The molecule has 0 unspecified atom stereocenters. The zero-order chi connectivity index (χ0) is 10.6. The van der Waals surface area contributed by atoms with Crippen LogP contribution in [0.5, 0.6) is 17.2 Å². The van der Waals surface area contributed by atoms with Gasteiger partial charge in [-0.15, -0.1) is 0 Å². The van der Waals surface area contributed by atoms with Crippen molar-refractivity contribution in [1.29, 1.82) is 0 Å². The van der Waals surface area contributed by atoms with Gasteiger partial charge in [-0.05, 0) is 18.2 Å². The van der Waals surface area contributed by atoms with E-state index in [-0.39, 0.29) is 11.5 Å². The quantitative estimate of drug-likeness (QED) is 0.432. The Balaban J connectivity index is 3.19. The Kier molecular flexibility index (Phi) is 3.12. The monoisotopic (exact) mass is 194 g/mol. The lowest BCUT2D eigenvalue weighted by Crippen LogP contribution is -1.84. The van der Waals surface area contributed by atoms with Gasteiger partial charge >= 0.3 is 0 Å². The number of phenolic OH excluding ortho intramolecular Hbond substituents is 2. The highest BCUT2D eigenvalue weighted by Gasteiger charge is 2.06. The van der Waals surface area contributed by atoms with Gasteiger partial charge in [0.1, 0.15) is 12.0 Å². The molecule has 74 valence electrons. The number of aldehydes is 1. The first-order chi connectivity index (χ1) is 6.69. The maximum Gasteiger partial charge on any atom is 0.165 e. The van der Waals surface area contributed by atoms with E-state index >= 15 is 0 Å². The van der Waals surface area contributed by atoms with Crippen LogP contribution < -0.4 is 4.74 Å². The number of methoxy groups -OCH3 is 1. The van der Waals surface area contributed by atoms with Gasteiger partial charge in [0, 0.05) is 11.6 Å². The van der Waals surface area contributed by atoms with E-state index in [0.29, 0.717) is 17.6 Å². The first kappa shape index (κ1) is 10.1. The molecule has 1 aromatic carbocycles. The lowest BCUT2D eigenvalue weighted by molar-refractivity contribution is -0.104. The van der Waals surface area contributed by atoms with E-state index in [1.165, 1.54) is 31.4 Å². The van der Waals surface area contributed by atoms with E-state index in [2.05, 4.69) is 0 Å². The molecule has 0 aromatic heterocycles. The Morgan fingerprint density at radius 2 is 2.07 bits per heavy atom. The summed E-state index contributed by atoms with van der Waals surface area (Å²) >= 11 is 0. The molecule has 0 atom stereocenters. The zero-order valence-electron chi connectivity index (χ0n) is 7.60. The second-order valence-electron chi connectivity index (χ2n) is 2.58. The summed E-state index contributed by atoms with van der Waals surface area (Å²) in [4.78, 5) is 10.1. The zero-order valence-corrected chi connectivity index (χ0v) is 7.60. The summed E-state index contributed by atoms with van der Waals surface area (Å²) in [6.45, 7) is 0. The number of aromatic hydroxyl groups is 2. The SMILES string of the molecule is COc1cc(O)c(O)c(/C=C/C=O)c1. The number of hydrogen-bond acceptors (Lipinski definition) is 4. The molecule has 0 saturated carbocycles. The molecule has 1 aromatic rings. The molecule has 2 N–H and O–H groups in total. The van der Waals surface area contributed by atoms with Crippen molar-refractivity contribution in [1.82, 2.24) is 0 Å². The number of carbonyl (C=O) groups excluding carboxylic acids is 1. The molecular weight excluding hydrogens is 184 g/mol. The minimum absolute atomic E-state index is 0.274. The van der Waals surface area contributed by atoms with Gasteiger partial charge in [-0.3, -0.25) is 4.79 Å². The van der Waals surface area contributed by atoms with Crippen molar-refractivity contribution in [3.8, 4) is 17.2 Å². The molecule has 14 heavy (non-hydrogen) atoms. The van der Waals surface area contributed by atoms with E-state index in [4.69, 9.17) is 4.74 Å². The smallest absolute Gasteiger partial charge is 0.165 e. The highest BCUT2D eigenvalue weighted by atomic mass is 16.5. The summed E-state index contributed by atoms with van der Waals surface area (Å²) in [5.74, 6) is -0.148. The Morgan fingerprint density at radius 3 is 2.64 bits per heavy atom. The third-order valence-corrected chi connectivity index (χ3v) is 1.68. The molecule has 0 bridgehead atoms. The molecule has 0 amide bonds. The Morgan fingerprint density at radius 1 is 1.36 bits per heavy atom. The summed E-state index contributed by atoms with van der Waals surface area (Å²) < 4.78 is 4.88. The van der Waals surface area contributed by atoms with Crippen LogP contribution in [0.2, 0.25) is 0 Å². The van der Waals surface area contributed by atoms with Crippen LogP contribution in [-0.2, 0) is 4.79 Å². The summed E-state index contributed by atoms with van der Waals surface area (Å²) in [6, 6.07) is 2.79. The first-order valence-corrected chi connectivity index (χ1v) is 3.91. The highest BCUT2D eigenvalue weighted by Crippen LogP contribution is 2.34. The van der Waals surface area contributed by atoms with Gasteiger partial charge in [-0.2, -0.15) is 0 Å². The largest absolute Gasteiger partial charge is 0.504 e. The number of rotatable bonds is 3. The molecule has 0 heterocycles. The fourth-order valence-electron chi connectivity index (χ4n) is 1.00. The summed E-state index contributed by atoms with van der Waals surface area (Å²) in [5.41, 5.74) is 0.328. The molecule has 0 fully saturated rings. The average Bonchev–Trinajstić information content (AvgIpc) is 2.20. The number of carbonyl (C=O) groups is 1. The van der Waals surface area contributed by atoms with Crippen LogP contribution in [0.4, 0.5) is 0 Å². The second-order valence-corrected chi connectivity index (χ2v) is 2.58. The fraction of sp³-hybridized carbons (Fsp3) is 0.100. The van der Waals surface area contributed by atoms with Crippen LogP contribution in [0.1, 0.15) is 5.56 Å². The molecular formula is C10H10O4. The van der Waals surface area contributed by atoms with Crippen molar-refractivity contribution < 1.29 is 19.7 Å². The molecule has 0 aliphatic rings. The van der Waals surface area contributed by atoms with Crippen LogP contribution >= 0.6 is 0 Å². The third-order valence-electron chi connectivity index (χ3n) is 1.68. The summed E-state index contributed by atoms with van der Waals surface area (Å²) in [7, 11) is 1.44. The van der Waals surface area contributed by atoms with Crippen molar-refractivity contribution in [3.63, 3.8) is 0 Å². The van der Waals surface area contributed by atoms with E-state index in [1.54, 1.807) is 0 Å². The van der Waals surface area contributed by atoms with Crippen LogP contribution in [0.25, 0.3) is 6.08 Å². The molecule has 0 radical (unpaired) electrons. The van der Waals surface area contributed by atoms with Crippen molar-refractivity contribution in [2.45, 2.75) is 0 Å². The van der Waals surface area contributed by atoms with Crippen LogP contribution in [0.3, 0.4) is 0 Å². The number of ether oxygens (including phenoxy) is 1. The number of benzene rings is 1. The average molecular weight is 194 g/mol. The van der Waals surface area contributed by atoms with Crippen molar-refractivity contribution in [2.75, 3.05) is 7.11 Å². The third kappa shape index (κ3) is 2.04. The molecule has 1 rings (SSSR count). The minimum atomic E-state index is -0.283. The lowest BCUT2D eigenvalue weighted by atomic mass is 10.1. The lowest BCUT2D eigenvalue weighted by Gasteiger charge is -2.05. The Labute approximate surface area is 81.1 Å². The summed E-state index contributed by atoms with van der Waals surface area (Å²) in [5, 5.41) is 18.6. The van der Waals surface area contributed by atoms with Crippen molar-refractivity contribution in [2.24, 2.45) is 0 Å². The molecule has 0 aliphatic heterocycles. The van der Waals surface area contributed by atoms with Gasteiger partial charge in [-0.25, -0.2) is 0 Å². The van der Waals surface area contributed by atoms with Gasteiger partial charge in [0.05, 0.1) is 7.11 Å². The summed E-state index contributed by atoms with van der Waals surface area (Å²) in [6.07, 6.45) is 3.18. The van der Waals surface area contributed by atoms with Gasteiger partial charge in [0.2, 0.25) is 0 Å².